The topological polar surface area (TPSA) is 102 Å². The van der Waals surface area contributed by atoms with Gasteiger partial charge < -0.3 is 24.1 Å². The smallest absolute Gasteiger partial charge is 0.359 e. The molecule has 144 valence electrons. The lowest BCUT2D eigenvalue weighted by atomic mass is 10.1. The minimum absolute atomic E-state index is 0.00985. The summed E-state index contributed by atoms with van der Waals surface area (Å²) in [6.07, 6.45) is 0. The van der Waals surface area contributed by atoms with Gasteiger partial charge in [0, 0.05) is 27.7 Å². The number of fused-ring (bicyclic) bond motifs is 6. The predicted molar refractivity (Wildman–Crippen MR) is 104 cm³/mol. The number of hydrogen-bond acceptors (Lipinski definition) is 7. The molecule has 0 amide bonds. The van der Waals surface area contributed by atoms with Crippen LogP contribution in [0.1, 0.15) is 20.7 Å². The van der Waals surface area contributed by atoms with Gasteiger partial charge in [-0.3, -0.25) is 0 Å². The van der Waals surface area contributed by atoms with Crippen LogP contribution in [-0.4, -0.2) is 37.6 Å². The van der Waals surface area contributed by atoms with Crippen LogP contribution in [0.15, 0.2) is 54.6 Å². The van der Waals surface area contributed by atoms with Gasteiger partial charge in [-0.15, -0.1) is 0 Å². The van der Waals surface area contributed by atoms with Gasteiger partial charge in [0.05, 0.1) is 18.2 Å². The molecule has 0 saturated heterocycles. The Hall–Kier alpha value is -3.78. The normalized spacial score (nSPS) is 15.0. The molecule has 2 aliphatic heterocycles. The second-order valence-electron chi connectivity index (χ2n) is 6.79. The van der Waals surface area contributed by atoms with E-state index < -0.39 is 20.3 Å². The molecule has 5 rings (SSSR count). The molecule has 0 fully saturated rings. The average molecular weight is 406 g/mol. The van der Waals surface area contributed by atoms with Gasteiger partial charge in [-0.25, -0.2) is 9.59 Å². The van der Waals surface area contributed by atoms with Crippen molar-refractivity contribution in [1.82, 2.24) is 0 Å². The minimum Gasteiger partial charge on any atom is -0.508 e. The number of methoxy groups -OCH3 is 1. The molecule has 2 heterocycles. The molecule has 1 spiro atoms. The van der Waals surface area contributed by atoms with Crippen LogP contribution in [0.4, 0.5) is 0 Å². The van der Waals surface area contributed by atoms with Crippen LogP contribution in [0.3, 0.4) is 0 Å². The standard InChI is InChI=1S/C21H14O7Si/c1-26-20(24)11-2-5-14-19(8-11)29(28-21(14)25)17-6-3-12(22)9-15(17)27-16-10-13(23)4-7-18(16)29/h2-10,22-23H,1H3. The van der Waals surface area contributed by atoms with Gasteiger partial charge >= 0.3 is 20.3 Å². The summed E-state index contributed by atoms with van der Waals surface area (Å²) in [6, 6.07) is 13.9. The molecule has 0 atom stereocenters. The predicted octanol–water partition coefficient (Wildman–Crippen LogP) is 1.13. The summed E-state index contributed by atoms with van der Waals surface area (Å²) in [5.41, 5.74) is 0.660. The van der Waals surface area contributed by atoms with E-state index in [9.17, 15) is 19.8 Å². The molecule has 2 N–H and O–H groups in total. The molecule has 0 aliphatic carbocycles. The summed E-state index contributed by atoms with van der Waals surface area (Å²) >= 11 is 0. The van der Waals surface area contributed by atoms with Crippen molar-refractivity contribution in [1.29, 1.82) is 0 Å². The molecule has 0 radical (unpaired) electrons. The number of aromatic hydroxyl groups is 2. The van der Waals surface area contributed by atoms with Crippen molar-refractivity contribution in [3.05, 3.63) is 65.7 Å². The Morgan fingerprint density at radius 2 is 1.52 bits per heavy atom. The number of rotatable bonds is 1. The van der Waals surface area contributed by atoms with Crippen LogP contribution in [0.2, 0.25) is 0 Å². The van der Waals surface area contributed by atoms with E-state index in [0.29, 0.717) is 38.2 Å². The highest BCUT2D eigenvalue weighted by Crippen LogP contribution is 2.36. The largest absolute Gasteiger partial charge is 0.508 e. The van der Waals surface area contributed by atoms with Crippen LogP contribution in [0.5, 0.6) is 23.0 Å². The second kappa shape index (κ2) is 5.86. The lowest BCUT2D eigenvalue weighted by Gasteiger charge is -2.34. The first kappa shape index (κ1) is 17.3. The summed E-state index contributed by atoms with van der Waals surface area (Å²) in [5, 5.41) is 21.7. The van der Waals surface area contributed by atoms with Crippen molar-refractivity contribution in [3.63, 3.8) is 0 Å². The highest BCUT2D eigenvalue weighted by molar-refractivity contribution is 7.10. The Balaban J connectivity index is 1.87. The lowest BCUT2D eigenvalue weighted by Crippen LogP contribution is -2.69. The van der Waals surface area contributed by atoms with E-state index in [1.165, 1.54) is 37.4 Å². The molecule has 3 aromatic rings. The summed E-state index contributed by atoms with van der Waals surface area (Å²) < 4.78 is 16.8. The number of phenols is 2. The van der Waals surface area contributed by atoms with Crippen molar-refractivity contribution < 1.29 is 33.7 Å². The Morgan fingerprint density at radius 3 is 2.10 bits per heavy atom. The Bertz CT molecular complexity index is 1170. The monoisotopic (exact) mass is 406 g/mol. The summed E-state index contributed by atoms with van der Waals surface area (Å²) in [6.45, 7) is 0. The number of carbonyl (C=O) groups is 2. The molecular weight excluding hydrogens is 392 g/mol. The maximum Gasteiger partial charge on any atom is 0.359 e. The molecule has 7 nitrogen and oxygen atoms in total. The molecular formula is C21H14O7Si. The van der Waals surface area contributed by atoms with E-state index in [1.807, 2.05) is 0 Å². The van der Waals surface area contributed by atoms with Crippen molar-refractivity contribution in [3.8, 4) is 23.0 Å². The van der Waals surface area contributed by atoms with Gasteiger partial charge in [0.1, 0.15) is 23.0 Å². The second-order valence-corrected chi connectivity index (χ2v) is 9.97. The van der Waals surface area contributed by atoms with Gasteiger partial charge in [-0.1, -0.05) is 12.1 Å². The van der Waals surface area contributed by atoms with Gasteiger partial charge in [0.15, 0.2) is 0 Å². The summed E-state index contributed by atoms with van der Waals surface area (Å²) in [5.74, 6) is -0.380. The molecule has 0 bridgehead atoms. The number of ether oxygens (including phenoxy) is 2. The fourth-order valence-electron chi connectivity index (χ4n) is 3.94. The molecule has 8 heteroatoms. The van der Waals surface area contributed by atoms with Crippen molar-refractivity contribution >= 4 is 35.8 Å². The number of phenolic OH excluding ortho intramolecular Hbond substituents is 2. The fraction of sp³-hybridized carbons (Fsp3) is 0.0476. The third-order valence-electron chi connectivity index (χ3n) is 5.19. The fourth-order valence-corrected chi connectivity index (χ4v) is 8.03. The molecule has 0 aromatic heterocycles. The van der Waals surface area contributed by atoms with E-state index in [4.69, 9.17) is 13.9 Å². The van der Waals surface area contributed by atoms with Crippen molar-refractivity contribution in [2.24, 2.45) is 0 Å². The Labute approximate surface area is 165 Å². The van der Waals surface area contributed by atoms with E-state index >= 15 is 0 Å². The van der Waals surface area contributed by atoms with Crippen LogP contribution < -0.4 is 20.3 Å². The lowest BCUT2D eigenvalue weighted by molar-refractivity contribution is 0.0600. The van der Waals surface area contributed by atoms with E-state index in [0.717, 1.165) is 0 Å². The van der Waals surface area contributed by atoms with Gasteiger partial charge in [-0.05, 0) is 30.3 Å². The zero-order valence-electron chi connectivity index (χ0n) is 15.1. The van der Waals surface area contributed by atoms with E-state index in [2.05, 4.69) is 0 Å². The third kappa shape index (κ3) is 2.29. The maximum absolute atomic E-state index is 12.8. The first-order valence-electron chi connectivity index (χ1n) is 8.75. The van der Waals surface area contributed by atoms with E-state index in [1.54, 1.807) is 24.3 Å². The third-order valence-corrected chi connectivity index (χ3v) is 9.20. The zero-order valence-corrected chi connectivity index (χ0v) is 16.1. The van der Waals surface area contributed by atoms with Crippen molar-refractivity contribution in [2.45, 2.75) is 0 Å². The first-order chi connectivity index (χ1) is 13.9. The number of hydrogen-bond donors (Lipinski definition) is 2. The number of benzene rings is 3. The molecule has 3 aromatic carbocycles. The average Bonchev–Trinajstić information content (AvgIpc) is 2.99. The van der Waals surface area contributed by atoms with Crippen LogP contribution in [0, 0.1) is 0 Å². The minimum atomic E-state index is -3.38. The van der Waals surface area contributed by atoms with E-state index in [-0.39, 0.29) is 11.5 Å². The quantitative estimate of drug-likeness (QED) is 0.461. The van der Waals surface area contributed by atoms with Gasteiger partial charge in [0.25, 0.3) is 0 Å². The molecule has 2 aliphatic rings. The highest BCUT2D eigenvalue weighted by Gasteiger charge is 2.57. The zero-order chi connectivity index (χ0) is 20.3. The number of esters is 1. The van der Waals surface area contributed by atoms with Gasteiger partial charge in [0.2, 0.25) is 0 Å². The number of carbonyl (C=O) groups excluding carboxylic acids is 2. The molecule has 29 heavy (non-hydrogen) atoms. The van der Waals surface area contributed by atoms with Crippen LogP contribution >= 0.6 is 0 Å². The van der Waals surface area contributed by atoms with Crippen molar-refractivity contribution in [2.75, 3.05) is 7.11 Å². The SMILES string of the molecule is COC(=O)c1ccc2c(c1)[Si]1(OC2=O)c2ccc(O)cc2Oc2cc(O)ccc21. The maximum atomic E-state index is 12.8. The van der Waals surface area contributed by atoms with Crippen LogP contribution in [-0.2, 0) is 9.16 Å². The van der Waals surface area contributed by atoms with Gasteiger partial charge in [-0.2, -0.15) is 0 Å². The summed E-state index contributed by atoms with van der Waals surface area (Å²) in [4.78, 5) is 24.9. The molecule has 0 unspecified atom stereocenters. The van der Waals surface area contributed by atoms with Crippen LogP contribution in [0.25, 0.3) is 0 Å². The summed E-state index contributed by atoms with van der Waals surface area (Å²) in [7, 11) is -2.10. The Morgan fingerprint density at radius 1 is 0.897 bits per heavy atom. The molecule has 0 saturated carbocycles. The highest BCUT2D eigenvalue weighted by atomic mass is 28.4. The first-order valence-corrected chi connectivity index (χ1v) is 10.7. The Kier molecular flexibility index (Phi) is 3.50.